The molecule has 0 aliphatic carbocycles. The number of carbonyl (C=O) groups excluding carboxylic acids is 2. The van der Waals surface area contributed by atoms with Gasteiger partial charge in [0.05, 0.1) is 0 Å². The number of fused-ring (bicyclic) bond motifs is 4. The molecule has 0 radical (unpaired) electrons. The maximum atomic E-state index is 13.4. The highest BCUT2D eigenvalue weighted by atomic mass is 16.2. The number of carbonyl (C=O) groups is 2. The average Bonchev–Trinajstić information content (AvgIpc) is 3.52. The van der Waals surface area contributed by atoms with Gasteiger partial charge >= 0.3 is 0 Å². The SMILES string of the molecule is CN1c2ccccc2C2(C)CCN(C(=O)Cn3cc[n+](CC(=O)c4ccc5ccccc5c4)c3)C12. The highest BCUT2D eigenvalue weighted by Crippen LogP contribution is 2.51. The zero-order valence-electron chi connectivity index (χ0n) is 20.1. The van der Waals surface area contributed by atoms with Gasteiger partial charge in [-0.1, -0.05) is 61.5 Å². The third-order valence-electron chi connectivity index (χ3n) is 7.79. The number of imidazole rings is 1. The summed E-state index contributed by atoms with van der Waals surface area (Å²) in [7, 11) is 2.09. The van der Waals surface area contributed by atoms with Crippen LogP contribution < -0.4 is 9.47 Å². The van der Waals surface area contributed by atoms with E-state index in [4.69, 9.17) is 0 Å². The molecular weight excluding hydrogens is 436 g/mol. The molecule has 6 nitrogen and oxygen atoms in total. The number of rotatable bonds is 5. The highest BCUT2D eigenvalue weighted by Gasteiger charge is 2.54. The second-order valence-corrected chi connectivity index (χ2v) is 10.00. The number of Topliss-reactive ketones (excluding diaryl/α,β-unsaturated/α-hetero) is 1. The summed E-state index contributed by atoms with van der Waals surface area (Å²) in [5, 5.41) is 2.18. The van der Waals surface area contributed by atoms with Crippen molar-refractivity contribution in [3.05, 3.63) is 96.6 Å². The van der Waals surface area contributed by atoms with Crippen LogP contribution in [0.3, 0.4) is 0 Å². The van der Waals surface area contributed by atoms with Crippen LogP contribution >= 0.6 is 0 Å². The molecule has 1 saturated heterocycles. The van der Waals surface area contributed by atoms with E-state index in [2.05, 4.69) is 43.1 Å². The van der Waals surface area contributed by atoms with Gasteiger partial charge in [0.25, 0.3) is 5.91 Å². The summed E-state index contributed by atoms with van der Waals surface area (Å²) in [4.78, 5) is 30.5. The Balaban J connectivity index is 1.14. The number of aromatic nitrogens is 2. The Morgan fingerprint density at radius 3 is 2.66 bits per heavy atom. The van der Waals surface area contributed by atoms with Crippen LogP contribution in [0.15, 0.2) is 85.5 Å². The Bertz CT molecular complexity index is 1460. The van der Waals surface area contributed by atoms with Crippen molar-refractivity contribution in [1.82, 2.24) is 9.47 Å². The summed E-state index contributed by atoms with van der Waals surface area (Å²) in [5.41, 5.74) is 3.18. The lowest BCUT2D eigenvalue weighted by Gasteiger charge is -2.34. The number of nitrogens with zero attached hydrogens (tertiary/aromatic N) is 4. The van der Waals surface area contributed by atoms with Gasteiger partial charge in [-0.25, -0.2) is 9.13 Å². The van der Waals surface area contributed by atoms with Crippen LogP contribution in [0.4, 0.5) is 5.69 Å². The van der Waals surface area contributed by atoms with Gasteiger partial charge in [-0.2, -0.15) is 0 Å². The summed E-state index contributed by atoms with van der Waals surface area (Å²) in [6, 6.07) is 22.3. The molecule has 2 unspecified atom stereocenters. The fraction of sp³-hybridized carbons (Fsp3) is 0.276. The standard InChI is InChI=1S/C29H29N4O2/c1-29-13-14-33(28(29)30(2)25-10-6-5-9-24(25)29)27(35)19-32-16-15-31(20-32)18-26(34)23-12-11-21-7-3-4-8-22(21)17-23/h3-12,15-17,20,28H,13-14,18-19H2,1-2H3/q+1. The predicted molar refractivity (Wildman–Crippen MR) is 135 cm³/mol. The number of hydrogen-bond donors (Lipinski definition) is 0. The molecule has 6 heteroatoms. The molecule has 0 bridgehead atoms. The van der Waals surface area contributed by atoms with E-state index in [0.717, 1.165) is 23.7 Å². The van der Waals surface area contributed by atoms with Crippen LogP contribution in [0.25, 0.3) is 10.8 Å². The molecule has 0 N–H and O–H groups in total. The van der Waals surface area contributed by atoms with Gasteiger partial charge in [0.2, 0.25) is 12.1 Å². The second-order valence-electron chi connectivity index (χ2n) is 10.00. The molecule has 2 aliphatic heterocycles. The van der Waals surface area contributed by atoms with Gasteiger partial charge in [0.15, 0.2) is 13.1 Å². The number of likely N-dealkylation sites (tertiary alicyclic amines) is 1. The number of anilines is 1. The monoisotopic (exact) mass is 465 g/mol. The average molecular weight is 466 g/mol. The molecule has 4 aromatic rings. The fourth-order valence-corrected chi connectivity index (χ4v) is 6.01. The molecule has 35 heavy (non-hydrogen) atoms. The van der Waals surface area contributed by atoms with E-state index < -0.39 is 0 Å². The lowest BCUT2D eigenvalue weighted by molar-refractivity contribution is -0.682. The van der Waals surface area contributed by atoms with Crippen LogP contribution in [-0.4, -0.2) is 40.9 Å². The molecule has 0 spiro atoms. The Hall–Kier alpha value is -3.93. The Kier molecular flexibility index (Phi) is 4.99. The predicted octanol–water partition coefficient (Wildman–Crippen LogP) is 3.78. The number of benzene rings is 3. The quantitative estimate of drug-likeness (QED) is 0.333. The third-order valence-corrected chi connectivity index (χ3v) is 7.79. The molecule has 3 heterocycles. The van der Waals surface area contributed by atoms with Crippen LogP contribution in [0.2, 0.25) is 0 Å². The number of amides is 1. The van der Waals surface area contributed by atoms with E-state index in [-0.39, 0.29) is 36.4 Å². The van der Waals surface area contributed by atoms with Crippen LogP contribution in [0, 0.1) is 0 Å². The van der Waals surface area contributed by atoms with Crippen LogP contribution in [0.5, 0.6) is 0 Å². The Morgan fingerprint density at radius 2 is 1.80 bits per heavy atom. The van der Waals surface area contributed by atoms with Gasteiger partial charge in [0.1, 0.15) is 18.6 Å². The maximum Gasteiger partial charge on any atom is 0.266 e. The largest absolute Gasteiger partial charge is 0.353 e. The van der Waals surface area contributed by atoms with Gasteiger partial charge in [0, 0.05) is 30.3 Å². The molecule has 176 valence electrons. The van der Waals surface area contributed by atoms with E-state index in [1.807, 2.05) is 75.2 Å². The fourth-order valence-electron chi connectivity index (χ4n) is 6.01. The topological polar surface area (TPSA) is 49.4 Å². The van der Waals surface area contributed by atoms with Crippen LogP contribution in [-0.2, 0) is 23.3 Å². The molecule has 3 aromatic carbocycles. The molecule has 0 saturated carbocycles. The van der Waals surface area contributed by atoms with Gasteiger partial charge in [-0.15, -0.1) is 0 Å². The minimum Gasteiger partial charge on any atom is -0.353 e. The summed E-state index contributed by atoms with van der Waals surface area (Å²) >= 11 is 0. The number of likely N-dealkylation sites (N-methyl/N-ethyl adjacent to an activating group) is 1. The number of para-hydroxylation sites is 1. The first-order chi connectivity index (χ1) is 16.9. The van der Waals surface area contributed by atoms with E-state index in [0.29, 0.717) is 5.56 Å². The molecule has 6 rings (SSSR count). The number of ketones is 1. The summed E-state index contributed by atoms with van der Waals surface area (Å²) < 4.78 is 3.71. The first kappa shape index (κ1) is 21.6. The van der Waals surface area contributed by atoms with E-state index in [1.54, 1.807) is 0 Å². The van der Waals surface area contributed by atoms with Crippen LogP contribution in [0.1, 0.15) is 29.3 Å². The minimum atomic E-state index is -0.0517. The van der Waals surface area contributed by atoms with Crippen molar-refractivity contribution in [2.24, 2.45) is 0 Å². The highest BCUT2D eigenvalue weighted by molar-refractivity contribution is 5.99. The maximum absolute atomic E-state index is 13.4. The Labute approximate surface area is 205 Å². The molecular formula is C29H29N4O2+. The first-order valence-corrected chi connectivity index (χ1v) is 12.1. The van der Waals surface area contributed by atoms with E-state index >= 15 is 0 Å². The van der Waals surface area contributed by atoms with Crippen molar-refractivity contribution in [3.8, 4) is 0 Å². The third kappa shape index (κ3) is 3.52. The molecule has 1 aromatic heterocycles. The smallest absolute Gasteiger partial charge is 0.266 e. The van der Waals surface area contributed by atoms with Crippen molar-refractivity contribution < 1.29 is 14.2 Å². The first-order valence-electron chi connectivity index (χ1n) is 12.1. The molecule has 1 fully saturated rings. The molecule has 2 atom stereocenters. The van der Waals surface area contributed by atoms with Crippen molar-refractivity contribution >= 4 is 28.2 Å². The van der Waals surface area contributed by atoms with Crippen molar-refractivity contribution in [2.75, 3.05) is 18.5 Å². The summed E-state index contributed by atoms with van der Waals surface area (Å²) in [5.74, 6) is 0.146. The van der Waals surface area contributed by atoms with Crippen molar-refractivity contribution in [2.45, 2.75) is 38.0 Å². The zero-order chi connectivity index (χ0) is 24.2. The zero-order valence-corrected chi connectivity index (χ0v) is 20.1. The normalized spacial score (nSPS) is 20.8. The number of hydrogen-bond acceptors (Lipinski definition) is 3. The lowest BCUT2D eigenvalue weighted by Crippen LogP contribution is -2.50. The summed E-state index contributed by atoms with van der Waals surface area (Å²) in [6.07, 6.45) is 6.56. The molecule has 2 aliphatic rings. The van der Waals surface area contributed by atoms with Gasteiger partial charge in [-0.3, -0.25) is 9.59 Å². The Morgan fingerprint density at radius 1 is 1.03 bits per heavy atom. The minimum absolute atomic E-state index is 0.0320. The second kappa shape index (κ2) is 8.08. The lowest BCUT2D eigenvalue weighted by atomic mass is 9.81. The summed E-state index contributed by atoms with van der Waals surface area (Å²) in [6.45, 7) is 3.52. The van der Waals surface area contributed by atoms with Gasteiger partial charge < -0.3 is 9.80 Å². The van der Waals surface area contributed by atoms with Crippen molar-refractivity contribution in [1.29, 1.82) is 0 Å². The molecule has 1 amide bonds. The van der Waals surface area contributed by atoms with Gasteiger partial charge in [-0.05, 0) is 34.9 Å². The van der Waals surface area contributed by atoms with Crippen molar-refractivity contribution in [3.63, 3.8) is 0 Å². The van der Waals surface area contributed by atoms with E-state index in [1.165, 1.54) is 11.3 Å². The van der Waals surface area contributed by atoms with E-state index in [9.17, 15) is 9.59 Å².